The molecule has 0 amide bonds. The first-order valence-electron chi connectivity index (χ1n) is 5.30. The standard InChI is InChI=1S/C9H17N5O/c10-9-7-14(12-11-9)6-8(15)5-13-3-1-2-4-13/h7-8,15H,1-6,10H2. The predicted molar refractivity (Wildman–Crippen MR) is 56.1 cm³/mol. The van der Waals surface area contributed by atoms with Crippen molar-refractivity contribution in [1.29, 1.82) is 0 Å². The number of likely N-dealkylation sites (tertiary alicyclic amines) is 1. The van der Waals surface area contributed by atoms with E-state index in [-0.39, 0.29) is 0 Å². The normalized spacial score (nSPS) is 19.5. The van der Waals surface area contributed by atoms with Gasteiger partial charge in [-0.25, -0.2) is 4.68 Å². The van der Waals surface area contributed by atoms with Gasteiger partial charge in [0.15, 0.2) is 5.82 Å². The number of aromatic nitrogens is 3. The van der Waals surface area contributed by atoms with Gasteiger partial charge in [-0.05, 0) is 25.9 Å². The molecule has 84 valence electrons. The van der Waals surface area contributed by atoms with E-state index < -0.39 is 6.10 Å². The fourth-order valence-corrected chi connectivity index (χ4v) is 1.94. The van der Waals surface area contributed by atoms with E-state index in [4.69, 9.17) is 5.73 Å². The second-order valence-corrected chi connectivity index (χ2v) is 4.03. The first-order chi connectivity index (χ1) is 7.24. The highest BCUT2D eigenvalue weighted by molar-refractivity contribution is 5.19. The van der Waals surface area contributed by atoms with E-state index in [1.165, 1.54) is 12.8 Å². The Morgan fingerprint density at radius 2 is 2.13 bits per heavy atom. The molecule has 15 heavy (non-hydrogen) atoms. The lowest BCUT2D eigenvalue weighted by molar-refractivity contribution is 0.105. The van der Waals surface area contributed by atoms with Crippen LogP contribution in [0.1, 0.15) is 12.8 Å². The topological polar surface area (TPSA) is 80.2 Å². The molecule has 0 radical (unpaired) electrons. The quantitative estimate of drug-likeness (QED) is 0.689. The number of nitrogen functional groups attached to an aromatic ring is 1. The summed E-state index contributed by atoms with van der Waals surface area (Å²) < 4.78 is 1.58. The number of nitrogens with zero attached hydrogens (tertiary/aromatic N) is 4. The van der Waals surface area contributed by atoms with Gasteiger partial charge < -0.3 is 15.7 Å². The van der Waals surface area contributed by atoms with E-state index in [1.54, 1.807) is 10.9 Å². The molecular formula is C9H17N5O. The Hall–Kier alpha value is -1.14. The molecule has 0 aromatic carbocycles. The number of nitrogens with two attached hydrogens (primary N) is 1. The third-order valence-electron chi connectivity index (χ3n) is 2.62. The minimum Gasteiger partial charge on any atom is -0.390 e. The van der Waals surface area contributed by atoms with E-state index in [2.05, 4.69) is 15.2 Å². The maximum atomic E-state index is 9.80. The number of hydrogen-bond acceptors (Lipinski definition) is 5. The zero-order valence-corrected chi connectivity index (χ0v) is 8.71. The van der Waals surface area contributed by atoms with Crippen LogP contribution in [0.25, 0.3) is 0 Å². The van der Waals surface area contributed by atoms with Crippen LogP contribution in [0.4, 0.5) is 5.82 Å². The number of anilines is 1. The molecule has 1 aliphatic heterocycles. The molecule has 3 N–H and O–H groups in total. The van der Waals surface area contributed by atoms with Crippen LogP contribution < -0.4 is 5.73 Å². The highest BCUT2D eigenvalue weighted by Crippen LogP contribution is 2.08. The molecule has 2 rings (SSSR count). The van der Waals surface area contributed by atoms with Gasteiger partial charge in [-0.2, -0.15) is 0 Å². The maximum absolute atomic E-state index is 9.80. The first kappa shape index (κ1) is 10.4. The van der Waals surface area contributed by atoms with Gasteiger partial charge in [-0.15, -0.1) is 5.10 Å². The molecule has 6 nitrogen and oxygen atoms in total. The van der Waals surface area contributed by atoms with Gasteiger partial charge in [0.25, 0.3) is 0 Å². The van der Waals surface area contributed by atoms with E-state index in [9.17, 15) is 5.11 Å². The highest BCUT2D eigenvalue weighted by Gasteiger charge is 2.16. The lowest BCUT2D eigenvalue weighted by atomic mass is 10.3. The maximum Gasteiger partial charge on any atom is 0.165 e. The Morgan fingerprint density at radius 1 is 1.40 bits per heavy atom. The number of β-amino-alcohol motifs (C(OH)–C–C–N with tert-alkyl or cyclic N) is 1. The zero-order chi connectivity index (χ0) is 10.7. The van der Waals surface area contributed by atoms with Gasteiger partial charge in [0, 0.05) is 6.54 Å². The van der Waals surface area contributed by atoms with Crippen molar-refractivity contribution in [1.82, 2.24) is 19.9 Å². The largest absolute Gasteiger partial charge is 0.390 e. The monoisotopic (exact) mass is 211 g/mol. The van der Waals surface area contributed by atoms with Gasteiger partial charge in [0.2, 0.25) is 0 Å². The van der Waals surface area contributed by atoms with Crippen molar-refractivity contribution in [3.8, 4) is 0 Å². The van der Waals surface area contributed by atoms with Crippen molar-refractivity contribution < 1.29 is 5.11 Å². The summed E-state index contributed by atoms with van der Waals surface area (Å²) in [4.78, 5) is 2.27. The Bertz CT molecular complexity index is 307. The van der Waals surface area contributed by atoms with Crippen molar-refractivity contribution in [2.24, 2.45) is 0 Å². The van der Waals surface area contributed by atoms with Crippen LogP contribution in [0.5, 0.6) is 0 Å². The minimum absolute atomic E-state index is 0.392. The fourth-order valence-electron chi connectivity index (χ4n) is 1.94. The third-order valence-corrected chi connectivity index (χ3v) is 2.62. The predicted octanol–water partition coefficient (Wildman–Crippen LogP) is -0.683. The van der Waals surface area contributed by atoms with Crippen LogP contribution >= 0.6 is 0 Å². The van der Waals surface area contributed by atoms with Crippen molar-refractivity contribution in [2.45, 2.75) is 25.5 Å². The molecule has 0 saturated carbocycles. The molecule has 0 spiro atoms. The van der Waals surface area contributed by atoms with Crippen LogP contribution in [0.2, 0.25) is 0 Å². The Kier molecular flexibility index (Phi) is 3.17. The fraction of sp³-hybridized carbons (Fsp3) is 0.778. The molecule has 1 atom stereocenters. The molecule has 1 fully saturated rings. The zero-order valence-electron chi connectivity index (χ0n) is 8.71. The van der Waals surface area contributed by atoms with E-state index in [0.717, 1.165) is 13.1 Å². The average Bonchev–Trinajstić information content (AvgIpc) is 2.77. The van der Waals surface area contributed by atoms with Crippen molar-refractivity contribution in [3.63, 3.8) is 0 Å². The Morgan fingerprint density at radius 3 is 2.73 bits per heavy atom. The molecule has 0 aliphatic carbocycles. The lowest BCUT2D eigenvalue weighted by Crippen LogP contribution is -2.32. The molecule has 1 aromatic rings. The van der Waals surface area contributed by atoms with Gasteiger partial charge in [0.1, 0.15) is 0 Å². The molecule has 1 aromatic heterocycles. The van der Waals surface area contributed by atoms with Gasteiger partial charge >= 0.3 is 0 Å². The average molecular weight is 211 g/mol. The summed E-state index contributed by atoms with van der Waals surface area (Å²) in [5.41, 5.74) is 5.43. The summed E-state index contributed by atoms with van der Waals surface area (Å²) in [6, 6.07) is 0. The number of aliphatic hydroxyl groups is 1. The summed E-state index contributed by atoms with van der Waals surface area (Å²) in [6.07, 6.45) is 3.71. The minimum atomic E-state index is -0.399. The number of rotatable bonds is 4. The van der Waals surface area contributed by atoms with Crippen LogP contribution in [-0.2, 0) is 6.54 Å². The summed E-state index contributed by atoms with van der Waals surface area (Å²) in [5, 5.41) is 17.3. The summed E-state index contributed by atoms with van der Waals surface area (Å²) in [5.74, 6) is 0.392. The summed E-state index contributed by atoms with van der Waals surface area (Å²) in [6.45, 7) is 3.35. The van der Waals surface area contributed by atoms with Gasteiger partial charge in [-0.3, -0.25) is 0 Å². The second kappa shape index (κ2) is 4.59. The van der Waals surface area contributed by atoms with Crippen LogP contribution in [0, 0.1) is 0 Å². The molecule has 1 unspecified atom stereocenters. The SMILES string of the molecule is Nc1cn(CC(O)CN2CCCC2)nn1. The van der Waals surface area contributed by atoms with Crippen LogP contribution in [0.3, 0.4) is 0 Å². The van der Waals surface area contributed by atoms with Gasteiger partial charge in [-0.1, -0.05) is 5.21 Å². The summed E-state index contributed by atoms with van der Waals surface area (Å²) >= 11 is 0. The molecular weight excluding hydrogens is 194 g/mol. The van der Waals surface area contributed by atoms with E-state index >= 15 is 0 Å². The van der Waals surface area contributed by atoms with Gasteiger partial charge in [0.05, 0.1) is 18.8 Å². The Balaban J connectivity index is 1.78. The van der Waals surface area contributed by atoms with Crippen LogP contribution in [0.15, 0.2) is 6.20 Å². The molecule has 0 bridgehead atoms. The Labute approximate surface area is 88.7 Å². The van der Waals surface area contributed by atoms with Crippen LogP contribution in [-0.4, -0.2) is 50.7 Å². The van der Waals surface area contributed by atoms with Crippen molar-refractivity contribution in [3.05, 3.63) is 6.20 Å². The third kappa shape index (κ3) is 2.90. The first-order valence-corrected chi connectivity index (χ1v) is 5.30. The number of hydrogen-bond donors (Lipinski definition) is 2. The van der Waals surface area contributed by atoms with E-state index in [1.807, 2.05) is 0 Å². The van der Waals surface area contributed by atoms with Crippen molar-refractivity contribution >= 4 is 5.82 Å². The summed E-state index contributed by atoms with van der Waals surface area (Å²) in [7, 11) is 0. The molecule has 1 saturated heterocycles. The van der Waals surface area contributed by atoms with E-state index in [0.29, 0.717) is 18.9 Å². The van der Waals surface area contributed by atoms with Crippen molar-refractivity contribution in [2.75, 3.05) is 25.4 Å². The molecule has 1 aliphatic rings. The molecule has 6 heteroatoms. The lowest BCUT2D eigenvalue weighted by Gasteiger charge is -2.18. The smallest absolute Gasteiger partial charge is 0.165 e. The highest BCUT2D eigenvalue weighted by atomic mass is 16.3. The number of aliphatic hydroxyl groups excluding tert-OH is 1. The molecule has 2 heterocycles. The second-order valence-electron chi connectivity index (χ2n) is 4.03.